The van der Waals surface area contributed by atoms with Gasteiger partial charge in [-0.1, -0.05) is 11.7 Å². The average Bonchev–Trinajstić information content (AvgIpc) is 2.07. The van der Waals surface area contributed by atoms with Gasteiger partial charge >= 0.3 is 9.15 Å². The lowest BCUT2D eigenvalue weighted by molar-refractivity contribution is 0.503. The third-order valence-electron chi connectivity index (χ3n) is 0.572. The van der Waals surface area contributed by atoms with E-state index in [0.29, 0.717) is 0 Å². The van der Waals surface area contributed by atoms with Crippen molar-refractivity contribution in [3.8, 4) is 0 Å². The van der Waals surface area contributed by atoms with E-state index in [-0.39, 0.29) is 9.83 Å². The monoisotopic (exact) mass is 226 g/mol. The first-order valence-electron chi connectivity index (χ1n) is 2.56. The molecular formula is C4H6N2O3S3. The van der Waals surface area contributed by atoms with E-state index in [1.807, 2.05) is 0 Å². The molecule has 0 saturated heterocycles. The Morgan fingerprint density at radius 3 is 1.50 bits per heavy atom. The minimum absolute atomic E-state index is 0.104. The number of thiol groups is 1. The summed E-state index contributed by atoms with van der Waals surface area (Å²) >= 11 is 3.18. The van der Waals surface area contributed by atoms with Crippen LogP contribution in [-0.4, -0.2) is 22.9 Å². The van der Waals surface area contributed by atoms with Crippen molar-refractivity contribution >= 4 is 30.6 Å². The fourth-order valence-corrected chi connectivity index (χ4v) is 0.253. The molecule has 1 rings (SSSR count). The van der Waals surface area contributed by atoms with Gasteiger partial charge in [-0.3, -0.25) is 14.5 Å². The molecular weight excluding hydrogens is 220 g/mol. The molecule has 1 aromatic heterocycles. The van der Waals surface area contributed by atoms with Crippen molar-refractivity contribution in [2.45, 2.75) is 0 Å². The lowest BCUT2D eigenvalue weighted by Crippen LogP contribution is -1.82. The minimum Gasteiger partial charge on any atom is -0.277 e. The number of hydrogen-bond donors (Lipinski definition) is 2. The quantitative estimate of drug-likeness (QED) is 0.420. The SMILES string of the molecule is O=S(=O)(O)SS.c1cnccn1. The van der Waals surface area contributed by atoms with E-state index in [2.05, 4.69) is 21.6 Å². The molecule has 0 atom stereocenters. The Balaban J connectivity index is 0.000000202. The summed E-state index contributed by atoms with van der Waals surface area (Å²) in [5, 5.41) is 0. The van der Waals surface area contributed by atoms with Crippen LogP contribution in [0.5, 0.6) is 0 Å². The number of hydrogen-bond acceptors (Lipinski definition) is 6. The highest BCUT2D eigenvalue weighted by molar-refractivity contribution is 9.01. The Morgan fingerprint density at radius 2 is 1.42 bits per heavy atom. The molecule has 0 amide bonds. The number of nitrogens with zero attached hydrogens (tertiary/aromatic N) is 2. The van der Waals surface area contributed by atoms with Crippen molar-refractivity contribution in [2.24, 2.45) is 0 Å². The van der Waals surface area contributed by atoms with Crippen molar-refractivity contribution in [1.82, 2.24) is 9.97 Å². The van der Waals surface area contributed by atoms with Gasteiger partial charge in [0.25, 0.3) is 0 Å². The van der Waals surface area contributed by atoms with Gasteiger partial charge in [-0.25, -0.2) is 0 Å². The highest BCUT2D eigenvalue weighted by Crippen LogP contribution is 2.11. The molecule has 0 fully saturated rings. The van der Waals surface area contributed by atoms with Gasteiger partial charge in [0.15, 0.2) is 0 Å². The van der Waals surface area contributed by atoms with Crippen LogP contribution in [0.3, 0.4) is 0 Å². The Bertz CT molecular complexity index is 261. The Hall–Kier alpha value is -0.310. The molecule has 68 valence electrons. The van der Waals surface area contributed by atoms with E-state index in [0.717, 1.165) is 0 Å². The van der Waals surface area contributed by atoms with E-state index < -0.39 is 9.15 Å². The third kappa shape index (κ3) is 9.69. The summed E-state index contributed by atoms with van der Waals surface area (Å²) in [5.41, 5.74) is 0. The van der Waals surface area contributed by atoms with Gasteiger partial charge in [0, 0.05) is 24.8 Å². The predicted octanol–water partition coefficient (Wildman–Crippen LogP) is 0.844. The number of rotatable bonds is 1. The lowest BCUT2D eigenvalue weighted by Gasteiger charge is -1.77. The Labute approximate surface area is 78.6 Å². The zero-order chi connectivity index (χ0) is 9.45. The highest BCUT2D eigenvalue weighted by Gasteiger charge is 1.96. The van der Waals surface area contributed by atoms with Crippen LogP contribution >= 0.6 is 21.5 Å². The number of aromatic nitrogens is 2. The van der Waals surface area contributed by atoms with E-state index in [4.69, 9.17) is 4.55 Å². The summed E-state index contributed by atoms with van der Waals surface area (Å²) in [6.07, 6.45) is 6.56. The first-order chi connectivity index (χ1) is 5.56. The second kappa shape index (κ2) is 6.23. The molecule has 5 nitrogen and oxygen atoms in total. The molecule has 12 heavy (non-hydrogen) atoms. The molecule has 1 heterocycles. The highest BCUT2D eigenvalue weighted by atomic mass is 33.5. The molecule has 0 radical (unpaired) electrons. The van der Waals surface area contributed by atoms with E-state index in [1.54, 1.807) is 24.8 Å². The van der Waals surface area contributed by atoms with Crippen LogP contribution < -0.4 is 0 Å². The zero-order valence-electron chi connectivity index (χ0n) is 5.73. The van der Waals surface area contributed by atoms with Crippen LogP contribution in [0.15, 0.2) is 24.8 Å². The van der Waals surface area contributed by atoms with Gasteiger partial charge < -0.3 is 0 Å². The fraction of sp³-hybridized carbons (Fsp3) is 0. The van der Waals surface area contributed by atoms with Gasteiger partial charge in [-0.15, -0.1) is 0 Å². The van der Waals surface area contributed by atoms with Crippen LogP contribution in [-0.2, 0) is 9.15 Å². The average molecular weight is 226 g/mol. The summed E-state index contributed by atoms with van der Waals surface area (Å²) < 4.78 is 26.6. The van der Waals surface area contributed by atoms with Crippen LogP contribution in [0.25, 0.3) is 0 Å². The van der Waals surface area contributed by atoms with Crippen molar-refractivity contribution in [1.29, 1.82) is 0 Å². The fourth-order valence-electron chi connectivity index (χ4n) is 0.253. The van der Waals surface area contributed by atoms with Gasteiger partial charge in [0.1, 0.15) is 0 Å². The first-order valence-corrected chi connectivity index (χ1v) is 6.39. The van der Waals surface area contributed by atoms with Crippen LogP contribution in [0.4, 0.5) is 0 Å². The van der Waals surface area contributed by atoms with E-state index in [1.165, 1.54) is 0 Å². The first kappa shape index (κ1) is 11.7. The molecule has 0 aliphatic rings. The van der Waals surface area contributed by atoms with Gasteiger partial charge in [0.05, 0.1) is 9.83 Å². The van der Waals surface area contributed by atoms with Crippen molar-refractivity contribution in [3.05, 3.63) is 24.8 Å². The molecule has 0 bridgehead atoms. The van der Waals surface area contributed by atoms with Gasteiger partial charge in [-0.05, 0) is 0 Å². The second-order valence-electron chi connectivity index (χ2n) is 1.40. The Kier molecular flexibility index (Phi) is 6.07. The van der Waals surface area contributed by atoms with Crippen molar-refractivity contribution in [2.75, 3.05) is 0 Å². The molecule has 0 unspecified atom stereocenters. The smallest absolute Gasteiger partial charge is 0.277 e. The van der Waals surface area contributed by atoms with E-state index in [9.17, 15) is 8.42 Å². The molecule has 8 heteroatoms. The maximum Gasteiger partial charge on any atom is 0.329 e. The maximum absolute atomic E-state index is 9.44. The van der Waals surface area contributed by atoms with Crippen molar-refractivity contribution < 1.29 is 13.0 Å². The zero-order valence-corrected chi connectivity index (χ0v) is 8.26. The lowest BCUT2D eigenvalue weighted by atomic mass is 10.8. The maximum atomic E-state index is 9.44. The summed E-state index contributed by atoms with van der Waals surface area (Å²) in [6, 6.07) is 0. The molecule has 0 aliphatic carbocycles. The molecule has 1 N–H and O–H groups in total. The molecule has 0 spiro atoms. The van der Waals surface area contributed by atoms with Crippen LogP contribution in [0, 0.1) is 0 Å². The molecule has 1 aromatic rings. The van der Waals surface area contributed by atoms with Gasteiger partial charge in [0.2, 0.25) is 0 Å². The third-order valence-corrected chi connectivity index (χ3v) is 3.02. The molecule has 0 aliphatic heterocycles. The Morgan fingerprint density at radius 1 is 1.17 bits per heavy atom. The topological polar surface area (TPSA) is 80.2 Å². The van der Waals surface area contributed by atoms with E-state index >= 15 is 0 Å². The summed E-state index contributed by atoms with van der Waals surface area (Å²) in [4.78, 5) is 7.44. The standard InChI is InChI=1S/C4H4N2.H2O3S3/c1-2-6-4-3-5-1;1-6(2,3)5-4/h1-4H;4H,(H,1,2,3). The minimum atomic E-state index is -3.88. The molecule has 0 aromatic carbocycles. The normalized spacial score (nSPS) is 9.83. The summed E-state index contributed by atoms with van der Waals surface area (Å²) in [6.45, 7) is 0. The summed E-state index contributed by atoms with van der Waals surface area (Å²) in [7, 11) is -3.78. The predicted molar refractivity (Wildman–Crippen MR) is 50.2 cm³/mol. The summed E-state index contributed by atoms with van der Waals surface area (Å²) in [5.74, 6) is 0. The largest absolute Gasteiger partial charge is 0.329 e. The molecule has 0 saturated carbocycles. The van der Waals surface area contributed by atoms with Gasteiger partial charge in [-0.2, -0.15) is 8.42 Å². The van der Waals surface area contributed by atoms with Crippen molar-refractivity contribution in [3.63, 3.8) is 0 Å². The van der Waals surface area contributed by atoms with Crippen LogP contribution in [0.2, 0.25) is 0 Å². The van der Waals surface area contributed by atoms with Crippen LogP contribution in [0.1, 0.15) is 0 Å². The second-order valence-corrected chi connectivity index (χ2v) is 5.45.